The third kappa shape index (κ3) is 0.814. The Bertz CT molecular complexity index is 158. The molecule has 2 rings (SSSR count). The van der Waals surface area contributed by atoms with E-state index in [0.29, 0.717) is 0 Å². The molecule has 0 unspecified atom stereocenters. The second-order valence-corrected chi connectivity index (χ2v) is 2.88. The van der Waals surface area contributed by atoms with Crippen LogP contribution in [-0.4, -0.2) is 25.2 Å². The van der Waals surface area contributed by atoms with Gasteiger partial charge in [0.2, 0.25) is 5.91 Å². The van der Waals surface area contributed by atoms with Crippen LogP contribution >= 0.6 is 0 Å². The number of piperidine rings is 1. The van der Waals surface area contributed by atoms with Gasteiger partial charge in [0.05, 0.1) is 12.0 Å². The fourth-order valence-electron chi connectivity index (χ4n) is 1.70. The van der Waals surface area contributed by atoms with Crippen molar-refractivity contribution in [3.63, 3.8) is 0 Å². The van der Waals surface area contributed by atoms with Crippen LogP contribution in [0.1, 0.15) is 12.8 Å². The van der Waals surface area contributed by atoms with Crippen LogP contribution in [0.15, 0.2) is 0 Å². The third-order valence-corrected chi connectivity index (χ3v) is 2.27. The quantitative estimate of drug-likeness (QED) is 0.512. The van der Waals surface area contributed by atoms with Crippen LogP contribution in [0.5, 0.6) is 0 Å². The molecule has 0 aromatic carbocycles. The highest BCUT2D eigenvalue weighted by Crippen LogP contribution is 2.25. The minimum absolute atomic E-state index is 0.161. The second-order valence-electron chi connectivity index (χ2n) is 2.88. The summed E-state index contributed by atoms with van der Waals surface area (Å²) in [5, 5.41) is 2.83. The second kappa shape index (κ2) is 2.23. The number of rotatable bonds is 0. The molecule has 0 aliphatic carbocycles. The molecule has 56 valence electrons. The van der Waals surface area contributed by atoms with Gasteiger partial charge in [0.15, 0.2) is 0 Å². The van der Waals surface area contributed by atoms with Crippen molar-refractivity contribution < 1.29 is 9.53 Å². The lowest BCUT2D eigenvalue weighted by atomic mass is 9.95. The molecule has 0 saturated carbocycles. The van der Waals surface area contributed by atoms with E-state index in [1.165, 1.54) is 0 Å². The fraction of sp³-hybridized carbons (Fsp3) is 0.857. The van der Waals surface area contributed by atoms with Gasteiger partial charge in [-0.25, -0.2) is 0 Å². The molecule has 0 radical (unpaired) electrons. The average molecular weight is 141 g/mol. The normalized spacial score (nSPS) is 39.0. The average Bonchev–Trinajstić information content (AvgIpc) is 2.36. The Kier molecular flexibility index (Phi) is 1.38. The molecule has 10 heavy (non-hydrogen) atoms. The van der Waals surface area contributed by atoms with E-state index in [1.54, 1.807) is 0 Å². The SMILES string of the molecule is O=C1NCC[C@@H]2OCC[C@H]12. The van der Waals surface area contributed by atoms with Crippen molar-refractivity contribution in [2.75, 3.05) is 13.2 Å². The van der Waals surface area contributed by atoms with Gasteiger partial charge in [0.25, 0.3) is 0 Å². The van der Waals surface area contributed by atoms with Crippen molar-refractivity contribution in [2.24, 2.45) is 5.92 Å². The number of hydrogen-bond acceptors (Lipinski definition) is 2. The molecule has 2 aliphatic heterocycles. The standard InChI is InChI=1S/C7H11NO2/c9-7-5-2-4-10-6(5)1-3-8-7/h5-6H,1-4H2,(H,8,9)/t5-,6-/m0/s1. The number of carbonyl (C=O) groups excluding carboxylic acids is 1. The summed E-state index contributed by atoms with van der Waals surface area (Å²) in [7, 11) is 0. The molecule has 2 heterocycles. The molecule has 2 saturated heterocycles. The maximum atomic E-state index is 11.1. The van der Waals surface area contributed by atoms with Crippen molar-refractivity contribution in [3.05, 3.63) is 0 Å². The summed E-state index contributed by atoms with van der Waals surface area (Å²) in [5.74, 6) is 0.350. The highest BCUT2D eigenvalue weighted by atomic mass is 16.5. The van der Waals surface area contributed by atoms with E-state index in [-0.39, 0.29) is 17.9 Å². The van der Waals surface area contributed by atoms with Crippen molar-refractivity contribution in [1.29, 1.82) is 0 Å². The summed E-state index contributed by atoms with van der Waals surface area (Å²) in [4.78, 5) is 11.1. The van der Waals surface area contributed by atoms with Crippen LogP contribution in [0.25, 0.3) is 0 Å². The lowest BCUT2D eigenvalue weighted by Gasteiger charge is -2.23. The smallest absolute Gasteiger partial charge is 0.225 e. The summed E-state index contributed by atoms with van der Waals surface area (Å²) >= 11 is 0. The van der Waals surface area contributed by atoms with Gasteiger partial charge in [-0.05, 0) is 12.8 Å². The van der Waals surface area contributed by atoms with Gasteiger partial charge in [0, 0.05) is 13.2 Å². The molecule has 3 heteroatoms. The van der Waals surface area contributed by atoms with Crippen LogP contribution in [0.3, 0.4) is 0 Å². The molecular weight excluding hydrogens is 130 g/mol. The van der Waals surface area contributed by atoms with E-state index >= 15 is 0 Å². The topological polar surface area (TPSA) is 38.3 Å². The van der Waals surface area contributed by atoms with Crippen LogP contribution in [-0.2, 0) is 9.53 Å². The molecule has 1 N–H and O–H groups in total. The predicted octanol–water partition coefficient (Wildman–Crippen LogP) is -0.0886. The van der Waals surface area contributed by atoms with E-state index < -0.39 is 0 Å². The van der Waals surface area contributed by atoms with Crippen LogP contribution in [0, 0.1) is 5.92 Å². The number of hydrogen-bond donors (Lipinski definition) is 1. The molecular formula is C7H11NO2. The Morgan fingerprint density at radius 2 is 2.40 bits per heavy atom. The van der Waals surface area contributed by atoms with E-state index in [2.05, 4.69) is 5.32 Å². The highest BCUT2D eigenvalue weighted by molar-refractivity contribution is 5.80. The lowest BCUT2D eigenvalue weighted by molar-refractivity contribution is -0.128. The Morgan fingerprint density at radius 1 is 1.50 bits per heavy atom. The Labute approximate surface area is 59.7 Å². The first kappa shape index (κ1) is 6.16. The van der Waals surface area contributed by atoms with Gasteiger partial charge in [0.1, 0.15) is 0 Å². The van der Waals surface area contributed by atoms with E-state index in [0.717, 1.165) is 26.0 Å². The summed E-state index contributed by atoms with van der Waals surface area (Å²) in [5.41, 5.74) is 0. The van der Waals surface area contributed by atoms with E-state index in [9.17, 15) is 4.79 Å². The first-order valence-electron chi connectivity index (χ1n) is 3.77. The zero-order valence-corrected chi connectivity index (χ0v) is 5.80. The van der Waals surface area contributed by atoms with Gasteiger partial charge < -0.3 is 10.1 Å². The zero-order valence-electron chi connectivity index (χ0n) is 5.80. The van der Waals surface area contributed by atoms with Gasteiger partial charge in [-0.1, -0.05) is 0 Å². The molecule has 0 bridgehead atoms. The minimum Gasteiger partial charge on any atom is -0.377 e. The largest absolute Gasteiger partial charge is 0.377 e. The van der Waals surface area contributed by atoms with Crippen molar-refractivity contribution in [3.8, 4) is 0 Å². The van der Waals surface area contributed by atoms with Crippen molar-refractivity contribution in [2.45, 2.75) is 18.9 Å². The number of amides is 1. The molecule has 1 amide bonds. The zero-order chi connectivity index (χ0) is 6.97. The number of fused-ring (bicyclic) bond motifs is 1. The van der Waals surface area contributed by atoms with Gasteiger partial charge in [-0.2, -0.15) is 0 Å². The maximum Gasteiger partial charge on any atom is 0.225 e. The molecule has 2 atom stereocenters. The molecule has 0 aromatic heterocycles. The van der Waals surface area contributed by atoms with Gasteiger partial charge in [-0.15, -0.1) is 0 Å². The Hall–Kier alpha value is -0.570. The Balaban J connectivity index is 2.10. The monoisotopic (exact) mass is 141 g/mol. The van der Waals surface area contributed by atoms with Crippen LogP contribution in [0.2, 0.25) is 0 Å². The molecule has 0 spiro atoms. The van der Waals surface area contributed by atoms with E-state index in [4.69, 9.17) is 4.74 Å². The van der Waals surface area contributed by atoms with Crippen molar-refractivity contribution in [1.82, 2.24) is 5.32 Å². The van der Waals surface area contributed by atoms with E-state index in [1.807, 2.05) is 0 Å². The first-order chi connectivity index (χ1) is 4.88. The number of ether oxygens (including phenoxy) is 1. The minimum atomic E-state index is 0.161. The Morgan fingerprint density at radius 3 is 3.20 bits per heavy atom. The molecule has 2 fully saturated rings. The van der Waals surface area contributed by atoms with Crippen molar-refractivity contribution >= 4 is 5.91 Å². The number of nitrogens with one attached hydrogen (secondary N) is 1. The summed E-state index contributed by atoms with van der Waals surface area (Å²) in [6, 6.07) is 0. The highest BCUT2D eigenvalue weighted by Gasteiger charge is 2.36. The van der Waals surface area contributed by atoms with Gasteiger partial charge in [-0.3, -0.25) is 4.79 Å². The van der Waals surface area contributed by atoms with Crippen LogP contribution in [0.4, 0.5) is 0 Å². The maximum absolute atomic E-state index is 11.1. The summed E-state index contributed by atoms with van der Waals surface area (Å²) in [6.45, 7) is 1.56. The summed E-state index contributed by atoms with van der Waals surface area (Å²) < 4.78 is 5.37. The fourth-order valence-corrected chi connectivity index (χ4v) is 1.70. The predicted molar refractivity (Wildman–Crippen MR) is 35.5 cm³/mol. The third-order valence-electron chi connectivity index (χ3n) is 2.27. The molecule has 2 aliphatic rings. The first-order valence-corrected chi connectivity index (χ1v) is 3.77. The number of carbonyl (C=O) groups is 1. The van der Waals surface area contributed by atoms with Gasteiger partial charge >= 0.3 is 0 Å². The molecule has 3 nitrogen and oxygen atoms in total. The molecule has 0 aromatic rings. The van der Waals surface area contributed by atoms with Crippen LogP contribution < -0.4 is 5.32 Å². The summed E-state index contributed by atoms with van der Waals surface area (Å²) in [6.07, 6.45) is 2.14. The lowest BCUT2D eigenvalue weighted by Crippen LogP contribution is -2.42.